The molecule has 0 bridgehead atoms. The number of aryl methyl sites for hydroxylation is 1. The SMILES string of the molecule is Cc1cc(-c2ccccc2)c2ccc3ccc(C(N=C(N)C4=CCCC=C4)=NC(C)c4cccc(-c5cccc6ccccc56)c4)nc3c2n1. The van der Waals surface area contributed by atoms with Crippen LogP contribution < -0.4 is 5.73 Å². The van der Waals surface area contributed by atoms with Crippen LogP contribution in [0.1, 0.15) is 42.8 Å². The highest BCUT2D eigenvalue weighted by atomic mass is 15.0. The van der Waals surface area contributed by atoms with Crippen molar-refractivity contribution in [3.05, 3.63) is 168 Å². The zero-order valence-electron chi connectivity index (χ0n) is 28.2. The smallest absolute Gasteiger partial charge is 0.176 e. The Kier molecular flexibility index (Phi) is 8.31. The summed E-state index contributed by atoms with van der Waals surface area (Å²) in [4.78, 5) is 20.4. The number of benzene rings is 5. The topological polar surface area (TPSA) is 76.5 Å². The molecule has 1 aliphatic rings. The molecule has 50 heavy (non-hydrogen) atoms. The summed E-state index contributed by atoms with van der Waals surface area (Å²) < 4.78 is 0. The molecule has 5 heteroatoms. The van der Waals surface area contributed by atoms with Crippen LogP contribution in [0.3, 0.4) is 0 Å². The minimum atomic E-state index is -0.220. The number of hydrogen-bond acceptors (Lipinski definition) is 3. The minimum Gasteiger partial charge on any atom is -0.383 e. The molecule has 0 saturated carbocycles. The van der Waals surface area contributed by atoms with Gasteiger partial charge in [0.1, 0.15) is 11.5 Å². The van der Waals surface area contributed by atoms with Crippen molar-refractivity contribution >= 4 is 44.2 Å². The highest BCUT2D eigenvalue weighted by molar-refractivity contribution is 6.13. The molecule has 1 unspecified atom stereocenters. The van der Waals surface area contributed by atoms with Crippen LogP contribution in [0, 0.1) is 6.92 Å². The molecule has 2 heterocycles. The molecular formula is C45H37N5. The summed E-state index contributed by atoms with van der Waals surface area (Å²) in [5.74, 6) is 0.914. The van der Waals surface area contributed by atoms with Crippen molar-refractivity contribution in [2.45, 2.75) is 32.7 Å². The molecule has 1 atom stereocenters. The summed E-state index contributed by atoms with van der Waals surface area (Å²) in [7, 11) is 0. The van der Waals surface area contributed by atoms with Crippen LogP contribution in [-0.2, 0) is 0 Å². The molecule has 2 aromatic heterocycles. The largest absolute Gasteiger partial charge is 0.383 e. The zero-order valence-corrected chi connectivity index (χ0v) is 28.2. The number of allylic oxidation sites excluding steroid dienone is 2. The van der Waals surface area contributed by atoms with Gasteiger partial charge in [0.15, 0.2) is 5.84 Å². The van der Waals surface area contributed by atoms with Gasteiger partial charge in [0, 0.05) is 22.0 Å². The first-order valence-electron chi connectivity index (χ1n) is 17.2. The molecule has 5 aromatic carbocycles. The maximum Gasteiger partial charge on any atom is 0.176 e. The van der Waals surface area contributed by atoms with E-state index in [1.54, 1.807) is 0 Å². The maximum atomic E-state index is 6.67. The number of hydrogen-bond donors (Lipinski definition) is 1. The van der Waals surface area contributed by atoms with Crippen LogP contribution in [0.2, 0.25) is 0 Å². The second kappa shape index (κ2) is 13.4. The molecule has 0 fully saturated rings. The Balaban J connectivity index is 1.26. The van der Waals surface area contributed by atoms with Crippen molar-refractivity contribution < 1.29 is 0 Å². The van der Waals surface area contributed by atoms with Gasteiger partial charge in [-0.1, -0.05) is 127 Å². The van der Waals surface area contributed by atoms with Gasteiger partial charge in [0.05, 0.1) is 17.1 Å². The van der Waals surface area contributed by atoms with Crippen molar-refractivity contribution in [1.29, 1.82) is 0 Å². The molecule has 7 aromatic rings. The average Bonchev–Trinajstić information content (AvgIpc) is 3.17. The van der Waals surface area contributed by atoms with E-state index in [0.29, 0.717) is 17.4 Å². The Labute approximate surface area is 292 Å². The van der Waals surface area contributed by atoms with Gasteiger partial charge in [-0.2, -0.15) is 0 Å². The lowest BCUT2D eigenvalue weighted by Gasteiger charge is -2.14. The molecule has 0 saturated heterocycles. The van der Waals surface area contributed by atoms with E-state index in [2.05, 4.69) is 134 Å². The van der Waals surface area contributed by atoms with E-state index < -0.39 is 0 Å². The normalized spacial score (nSPS) is 14.3. The van der Waals surface area contributed by atoms with Crippen LogP contribution in [0.4, 0.5) is 0 Å². The van der Waals surface area contributed by atoms with Gasteiger partial charge in [-0.05, 0) is 83.5 Å². The van der Waals surface area contributed by atoms with Crippen LogP contribution in [0.5, 0.6) is 0 Å². The third kappa shape index (κ3) is 6.10. The van der Waals surface area contributed by atoms with E-state index in [4.69, 9.17) is 25.7 Å². The fourth-order valence-electron chi connectivity index (χ4n) is 6.82. The highest BCUT2D eigenvalue weighted by Gasteiger charge is 2.16. The molecule has 5 nitrogen and oxygen atoms in total. The van der Waals surface area contributed by atoms with Gasteiger partial charge in [0.2, 0.25) is 0 Å². The third-order valence-electron chi connectivity index (χ3n) is 9.38. The van der Waals surface area contributed by atoms with E-state index in [0.717, 1.165) is 68.2 Å². The first-order chi connectivity index (χ1) is 24.5. The lowest BCUT2D eigenvalue weighted by molar-refractivity contribution is 0.818. The first kappa shape index (κ1) is 31.1. The summed E-state index contributed by atoms with van der Waals surface area (Å²) in [5, 5.41) is 4.50. The predicted octanol–water partition coefficient (Wildman–Crippen LogP) is 10.7. The Hall–Kier alpha value is -6.20. The summed E-state index contributed by atoms with van der Waals surface area (Å²) in [6, 6.07) is 44.3. The molecule has 2 N–H and O–H groups in total. The summed E-state index contributed by atoms with van der Waals surface area (Å²) in [6.45, 7) is 4.13. The lowest BCUT2D eigenvalue weighted by Crippen LogP contribution is -2.18. The maximum absolute atomic E-state index is 6.67. The summed E-state index contributed by atoms with van der Waals surface area (Å²) in [6.07, 6.45) is 8.23. The van der Waals surface area contributed by atoms with Gasteiger partial charge < -0.3 is 5.73 Å². The number of fused-ring (bicyclic) bond motifs is 4. The monoisotopic (exact) mass is 647 g/mol. The van der Waals surface area contributed by atoms with Gasteiger partial charge >= 0.3 is 0 Å². The van der Waals surface area contributed by atoms with Gasteiger partial charge in [-0.25, -0.2) is 9.98 Å². The highest BCUT2D eigenvalue weighted by Crippen LogP contribution is 2.34. The second-order valence-corrected chi connectivity index (χ2v) is 12.8. The molecule has 0 spiro atoms. The number of aromatic nitrogens is 2. The van der Waals surface area contributed by atoms with Crippen LogP contribution in [-0.4, -0.2) is 21.6 Å². The minimum absolute atomic E-state index is 0.220. The number of amidine groups is 2. The first-order valence-corrected chi connectivity index (χ1v) is 17.2. The van der Waals surface area contributed by atoms with Crippen molar-refractivity contribution in [3.8, 4) is 22.3 Å². The van der Waals surface area contributed by atoms with Crippen molar-refractivity contribution in [1.82, 2.24) is 9.97 Å². The standard InChI is InChI=1S/C45H37N5/c1-29-27-40(32-13-5-3-6-14-32)39-25-23-33-24-26-41(49-42(33)43(39)47-29)45(50-44(46)34-16-7-4-8-17-34)48-30(2)35-19-11-20-36(28-35)38-22-12-18-31-15-9-10-21-37(31)38/h3,5-7,9-28,30H,4,8H2,1-2H3,(H2,46,48,50). The molecule has 0 radical (unpaired) electrons. The van der Waals surface area contributed by atoms with Crippen LogP contribution in [0.15, 0.2) is 161 Å². The molecular weight excluding hydrogens is 611 g/mol. The number of aliphatic imine (C=N–C) groups is 2. The average molecular weight is 648 g/mol. The van der Waals surface area contributed by atoms with E-state index >= 15 is 0 Å². The summed E-state index contributed by atoms with van der Waals surface area (Å²) in [5.41, 5.74) is 16.5. The molecule has 1 aliphatic carbocycles. The van der Waals surface area contributed by atoms with Crippen molar-refractivity contribution in [2.24, 2.45) is 15.7 Å². The fraction of sp³-hybridized carbons (Fsp3) is 0.111. The molecule has 242 valence electrons. The van der Waals surface area contributed by atoms with Crippen molar-refractivity contribution in [2.75, 3.05) is 0 Å². The Bertz CT molecular complexity index is 2520. The molecule has 8 rings (SSSR count). The van der Waals surface area contributed by atoms with E-state index in [-0.39, 0.29) is 6.04 Å². The van der Waals surface area contributed by atoms with E-state index in [9.17, 15) is 0 Å². The quantitative estimate of drug-likeness (QED) is 0.111. The number of nitrogens with zero attached hydrogens (tertiary/aromatic N) is 4. The third-order valence-corrected chi connectivity index (χ3v) is 9.38. The number of nitrogens with two attached hydrogens (primary N) is 1. The Morgan fingerprint density at radius 2 is 1.46 bits per heavy atom. The Morgan fingerprint density at radius 1 is 0.680 bits per heavy atom. The predicted molar refractivity (Wildman–Crippen MR) is 210 cm³/mol. The Morgan fingerprint density at radius 3 is 2.32 bits per heavy atom. The number of pyridine rings is 2. The molecule has 0 aliphatic heterocycles. The van der Waals surface area contributed by atoms with Crippen LogP contribution in [0.25, 0.3) is 54.8 Å². The second-order valence-electron chi connectivity index (χ2n) is 12.8. The van der Waals surface area contributed by atoms with E-state index in [1.807, 2.05) is 25.1 Å². The van der Waals surface area contributed by atoms with Gasteiger partial charge in [-0.15, -0.1) is 0 Å². The zero-order chi connectivity index (χ0) is 34.0. The van der Waals surface area contributed by atoms with Gasteiger partial charge in [0.25, 0.3) is 0 Å². The lowest BCUT2D eigenvalue weighted by atomic mass is 9.96. The van der Waals surface area contributed by atoms with Gasteiger partial charge in [-0.3, -0.25) is 9.98 Å². The molecule has 0 amide bonds. The van der Waals surface area contributed by atoms with Crippen molar-refractivity contribution in [3.63, 3.8) is 0 Å². The van der Waals surface area contributed by atoms with Crippen LogP contribution >= 0.6 is 0 Å². The van der Waals surface area contributed by atoms with E-state index in [1.165, 1.54) is 16.3 Å². The number of rotatable bonds is 6. The fourth-order valence-corrected chi connectivity index (χ4v) is 6.82. The summed E-state index contributed by atoms with van der Waals surface area (Å²) >= 11 is 0.